The van der Waals surface area contributed by atoms with Crippen molar-refractivity contribution in [2.45, 2.75) is 19.8 Å². The molecule has 1 heterocycles. The Balaban J connectivity index is 2.67. The van der Waals surface area contributed by atoms with Gasteiger partial charge in [0.15, 0.2) is 0 Å². The number of aromatic nitrogens is 1. The van der Waals surface area contributed by atoms with Crippen molar-refractivity contribution in [3.8, 4) is 11.1 Å². The molecule has 20 heavy (non-hydrogen) atoms. The number of hydrogen-bond acceptors (Lipinski definition) is 2. The number of nitrogens with zero attached hydrogens (tertiary/aromatic N) is 1. The van der Waals surface area contributed by atoms with Crippen LogP contribution in [0.1, 0.15) is 29.4 Å². The predicted octanol–water partition coefficient (Wildman–Crippen LogP) is 3.83. The third-order valence-electron chi connectivity index (χ3n) is 3.06. The number of aromatic carboxylic acids is 1. The number of benzene rings is 1. The lowest BCUT2D eigenvalue weighted by Gasteiger charge is -2.05. The van der Waals surface area contributed by atoms with Gasteiger partial charge >= 0.3 is 5.97 Å². The summed E-state index contributed by atoms with van der Waals surface area (Å²) in [5.74, 6) is 4.85. The van der Waals surface area contributed by atoms with Crippen LogP contribution in [0.2, 0.25) is 10.0 Å². The first-order chi connectivity index (χ1) is 9.45. The zero-order valence-electron chi connectivity index (χ0n) is 10.9. The van der Waals surface area contributed by atoms with Crippen molar-refractivity contribution in [3.63, 3.8) is 0 Å². The third kappa shape index (κ3) is 2.62. The van der Waals surface area contributed by atoms with E-state index in [9.17, 15) is 9.90 Å². The maximum Gasteiger partial charge on any atom is 0.338 e. The van der Waals surface area contributed by atoms with E-state index in [1.807, 2.05) is 6.92 Å². The van der Waals surface area contributed by atoms with E-state index in [0.717, 1.165) is 6.42 Å². The van der Waals surface area contributed by atoms with E-state index in [1.165, 1.54) is 4.68 Å². The van der Waals surface area contributed by atoms with Gasteiger partial charge in [-0.15, -0.1) is 0 Å². The molecule has 0 aliphatic rings. The van der Waals surface area contributed by atoms with Gasteiger partial charge in [0.05, 0.1) is 11.3 Å². The minimum Gasteiger partial charge on any atom is -0.478 e. The molecule has 1 aromatic heterocycles. The molecule has 0 fully saturated rings. The zero-order chi connectivity index (χ0) is 14.9. The second-order valence-corrected chi connectivity index (χ2v) is 5.29. The molecule has 0 unspecified atom stereocenters. The zero-order valence-corrected chi connectivity index (χ0v) is 12.4. The predicted molar refractivity (Wildman–Crippen MR) is 81.0 cm³/mol. The number of nitrogen functional groups attached to an aromatic ring is 1. The molecule has 0 aliphatic carbocycles. The standard InChI is InChI=1S/C14H14Cl2N2O2/c1-2-3-12-13(14(19)20)10(7-18(12)17)9-5-4-8(15)6-11(9)16/h4-7H,2-3,17H2,1H3,(H,19,20). The summed E-state index contributed by atoms with van der Waals surface area (Å²) in [6.07, 6.45) is 2.97. The van der Waals surface area contributed by atoms with Gasteiger partial charge in [-0.3, -0.25) is 4.68 Å². The Labute approximate surface area is 126 Å². The molecule has 2 aromatic rings. The van der Waals surface area contributed by atoms with Crippen LogP contribution in [0.15, 0.2) is 24.4 Å². The first-order valence-corrected chi connectivity index (χ1v) is 6.89. The molecule has 1 aromatic carbocycles. The van der Waals surface area contributed by atoms with Gasteiger partial charge in [0, 0.05) is 27.4 Å². The van der Waals surface area contributed by atoms with Crippen LogP contribution in [-0.4, -0.2) is 15.8 Å². The highest BCUT2D eigenvalue weighted by molar-refractivity contribution is 6.36. The van der Waals surface area contributed by atoms with E-state index >= 15 is 0 Å². The van der Waals surface area contributed by atoms with Crippen LogP contribution in [0.25, 0.3) is 11.1 Å². The Kier molecular flexibility index (Phi) is 4.26. The Morgan fingerprint density at radius 1 is 1.35 bits per heavy atom. The monoisotopic (exact) mass is 312 g/mol. The minimum absolute atomic E-state index is 0.193. The van der Waals surface area contributed by atoms with E-state index in [2.05, 4.69) is 0 Å². The smallest absolute Gasteiger partial charge is 0.338 e. The van der Waals surface area contributed by atoms with Gasteiger partial charge in [0.1, 0.15) is 0 Å². The highest BCUT2D eigenvalue weighted by Gasteiger charge is 2.22. The molecule has 0 bridgehead atoms. The maximum absolute atomic E-state index is 11.5. The molecule has 4 nitrogen and oxygen atoms in total. The van der Waals surface area contributed by atoms with Crippen LogP contribution in [0.5, 0.6) is 0 Å². The van der Waals surface area contributed by atoms with E-state index in [-0.39, 0.29) is 5.56 Å². The number of halogens is 2. The van der Waals surface area contributed by atoms with E-state index < -0.39 is 5.97 Å². The molecular weight excluding hydrogens is 299 g/mol. The highest BCUT2D eigenvalue weighted by atomic mass is 35.5. The summed E-state index contributed by atoms with van der Waals surface area (Å²) >= 11 is 12.0. The van der Waals surface area contributed by atoms with Crippen LogP contribution in [0, 0.1) is 0 Å². The Bertz CT molecular complexity index is 665. The summed E-state index contributed by atoms with van der Waals surface area (Å²) in [5, 5.41) is 10.3. The molecular formula is C14H14Cl2N2O2. The second kappa shape index (κ2) is 5.77. The number of hydrogen-bond donors (Lipinski definition) is 2. The van der Waals surface area contributed by atoms with Gasteiger partial charge in [-0.25, -0.2) is 4.79 Å². The molecule has 0 radical (unpaired) electrons. The lowest BCUT2D eigenvalue weighted by Crippen LogP contribution is -2.13. The molecule has 0 amide bonds. The Morgan fingerprint density at radius 2 is 2.05 bits per heavy atom. The van der Waals surface area contributed by atoms with E-state index in [4.69, 9.17) is 29.0 Å². The van der Waals surface area contributed by atoms with Gasteiger partial charge in [0.2, 0.25) is 0 Å². The number of rotatable bonds is 4. The summed E-state index contributed by atoms with van der Waals surface area (Å²) in [5.41, 5.74) is 1.89. The average molecular weight is 313 g/mol. The molecule has 2 rings (SSSR count). The van der Waals surface area contributed by atoms with E-state index in [0.29, 0.717) is 33.3 Å². The van der Waals surface area contributed by atoms with E-state index in [1.54, 1.807) is 24.4 Å². The fraction of sp³-hybridized carbons (Fsp3) is 0.214. The first-order valence-electron chi connectivity index (χ1n) is 6.13. The molecule has 3 N–H and O–H groups in total. The largest absolute Gasteiger partial charge is 0.478 e. The lowest BCUT2D eigenvalue weighted by atomic mass is 10.0. The Morgan fingerprint density at radius 3 is 2.60 bits per heavy atom. The quantitative estimate of drug-likeness (QED) is 0.843. The van der Waals surface area contributed by atoms with Crippen molar-refractivity contribution in [1.82, 2.24) is 4.68 Å². The fourth-order valence-electron chi connectivity index (χ4n) is 2.21. The average Bonchev–Trinajstić information content (AvgIpc) is 2.67. The molecule has 6 heteroatoms. The normalized spacial score (nSPS) is 10.8. The van der Waals surface area contributed by atoms with Gasteiger partial charge in [-0.2, -0.15) is 0 Å². The van der Waals surface area contributed by atoms with Gasteiger partial charge in [0.25, 0.3) is 0 Å². The Hall–Kier alpha value is -1.65. The molecule has 106 valence electrons. The molecule has 0 saturated carbocycles. The highest BCUT2D eigenvalue weighted by Crippen LogP contribution is 2.34. The van der Waals surface area contributed by atoms with Crippen molar-refractivity contribution < 1.29 is 9.90 Å². The minimum atomic E-state index is -1.02. The van der Waals surface area contributed by atoms with Gasteiger partial charge in [-0.05, 0) is 18.6 Å². The molecule has 0 spiro atoms. The van der Waals surface area contributed by atoms with Crippen molar-refractivity contribution in [3.05, 3.63) is 45.7 Å². The number of carbonyl (C=O) groups is 1. The van der Waals surface area contributed by atoms with Crippen molar-refractivity contribution >= 4 is 29.2 Å². The number of nitrogens with two attached hydrogens (primary N) is 1. The SMILES string of the molecule is CCCc1c(C(=O)O)c(-c2ccc(Cl)cc2Cl)cn1N. The lowest BCUT2D eigenvalue weighted by molar-refractivity contribution is 0.0696. The van der Waals surface area contributed by atoms with Crippen LogP contribution in [0.4, 0.5) is 0 Å². The second-order valence-electron chi connectivity index (χ2n) is 4.45. The van der Waals surface area contributed by atoms with Crippen molar-refractivity contribution in [2.24, 2.45) is 0 Å². The number of carboxylic acids is 1. The molecule has 0 saturated heterocycles. The van der Waals surface area contributed by atoms with Crippen LogP contribution in [0.3, 0.4) is 0 Å². The van der Waals surface area contributed by atoms with Crippen LogP contribution < -0.4 is 5.84 Å². The maximum atomic E-state index is 11.5. The summed E-state index contributed by atoms with van der Waals surface area (Å²) in [7, 11) is 0. The summed E-state index contributed by atoms with van der Waals surface area (Å²) in [6, 6.07) is 4.95. The first kappa shape index (κ1) is 14.8. The van der Waals surface area contributed by atoms with Gasteiger partial charge in [-0.1, -0.05) is 42.6 Å². The van der Waals surface area contributed by atoms with Crippen LogP contribution in [-0.2, 0) is 6.42 Å². The topological polar surface area (TPSA) is 68.2 Å². The molecule has 0 atom stereocenters. The number of carboxylic acid groups (broad SMARTS) is 1. The summed E-state index contributed by atoms with van der Waals surface area (Å²) < 4.78 is 1.35. The van der Waals surface area contributed by atoms with Gasteiger partial charge < -0.3 is 10.9 Å². The van der Waals surface area contributed by atoms with Crippen molar-refractivity contribution in [1.29, 1.82) is 0 Å². The van der Waals surface area contributed by atoms with Crippen molar-refractivity contribution in [2.75, 3.05) is 5.84 Å². The third-order valence-corrected chi connectivity index (χ3v) is 3.61. The fourth-order valence-corrected chi connectivity index (χ4v) is 2.72. The van der Waals surface area contributed by atoms with Crippen LogP contribution >= 0.6 is 23.2 Å². The molecule has 0 aliphatic heterocycles. The summed E-state index contributed by atoms with van der Waals surface area (Å²) in [4.78, 5) is 11.5. The summed E-state index contributed by atoms with van der Waals surface area (Å²) in [6.45, 7) is 1.97.